The average molecular weight is 473 g/mol. The predicted molar refractivity (Wildman–Crippen MR) is 144 cm³/mol. The molecule has 180 valence electrons. The third-order valence-corrected chi connectivity index (χ3v) is 9.12. The Hall–Kier alpha value is -3.62. The van der Waals surface area contributed by atoms with E-state index >= 15 is 0 Å². The molecule has 2 unspecified atom stereocenters. The number of hydrogen-bond acceptors (Lipinski definition) is 2. The summed E-state index contributed by atoms with van der Waals surface area (Å²) in [6.07, 6.45) is 4.21. The molecule has 4 aliphatic rings. The van der Waals surface area contributed by atoms with Crippen molar-refractivity contribution in [3.8, 4) is 23.7 Å². The zero-order valence-electron chi connectivity index (χ0n) is 21.9. The van der Waals surface area contributed by atoms with Crippen LogP contribution in [0.5, 0.6) is 0 Å². The van der Waals surface area contributed by atoms with Crippen LogP contribution in [-0.2, 0) is 9.59 Å². The Balaban J connectivity index is 1.75. The van der Waals surface area contributed by atoms with Crippen LogP contribution in [0.25, 0.3) is 0 Å². The fourth-order valence-corrected chi connectivity index (χ4v) is 7.37. The molecule has 0 aromatic heterocycles. The highest BCUT2D eigenvalue weighted by atomic mass is 16.1. The number of carbonyl (C=O) groups excluding carboxylic acids is 2. The summed E-state index contributed by atoms with van der Waals surface area (Å²) in [7, 11) is 0. The number of Topliss-reactive ketones (excluding diaryl/α,β-unsaturated/α-hetero) is 2. The lowest BCUT2D eigenvalue weighted by Crippen LogP contribution is -2.70. The standard InChI is InChI=1S/C34H32O2/c1-23-21-34(6)30(36)31(3,19-17-25-13-9-7-10-14-25)27(23)28-32(4,20-18-26-15-11-8-12-16-26)29(35)24(2)22-33(28,34)5/h7-16,21-22,27-28H,1-6H3/t27-,28?,31?,32-,33-,34-/m0/s1. The molecule has 36 heavy (non-hydrogen) atoms. The van der Waals surface area contributed by atoms with Crippen LogP contribution >= 0.6 is 0 Å². The van der Waals surface area contributed by atoms with Crippen LogP contribution in [0.3, 0.4) is 0 Å². The van der Waals surface area contributed by atoms with Gasteiger partial charge >= 0.3 is 0 Å². The first-order valence-electron chi connectivity index (χ1n) is 12.6. The minimum absolute atomic E-state index is 0.0446. The highest BCUT2D eigenvalue weighted by Gasteiger charge is 2.73. The quantitative estimate of drug-likeness (QED) is 0.328. The molecule has 0 aliphatic heterocycles. The molecule has 2 aromatic carbocycles. The van der Waals surface area contributed by atoms with E-state index in [4.69, 9.17) is 0 Å². The normalized spacial score (nSPS) is 36.5. The van der Waals surface area contributed by atoms with Crippen LogP contribution in [0, 0.1) is 57.2 Å². The summed E-state index contributed by atoms with van der Waals surface area (Å²) in [6.45, 7) is 12.1. The fourth-order valence-electron chi connectivity index (χ4n) is 7.37. The molecule has 2 heteroatoms. The molecule has 2 aromatic rings. The van der Waals surface area contributed by atoms with Crippen molar-refractivity contribution in [1.29, 1.82) is 0 Å². The zero-order chi connectivity index (χ0) is 25.9. The van der Waals surface area contributed by atoms with Crippen molar-refractivity contribution >= 4 is 11.6 Å². The van der Waals surface area contributed by atoms with Crippen LogP contribution in [0.1, 0.15) is 52.7 Å². The second-order valence-electron chi connectivity index (χ2n) is 11.5. The van der Waals surface area contributed by atoms with Crippen molar-refractivity contribution in [2.24, 2.45) is 33.5 Å². The minimum atomic E-state index is -0.957. The van der Waals surface area contributed by atoms with E-state index in [2.05, 4.69) is 49.7 Å². The van der Waals surface area contributed by atoms with Gasteiger partial charge in [0.05, 0.1) is 16.2 Å². The van der Waals surface area contributed by atoms with Crippen molar-refractivity contribution in [3.05, 3.63) is 95.1 Å². The lowest BCUT2D eigenvalue weighted by molar-refractivity contribution is -0.167. The molecule has 0 saturated heterocycles. The fraction of sp³-hybridized carbons (Fsp3) is 0.353. The number of ketones is 2. The topological polar surface area (TPSA) is 34.1 Å². The lowest BCUT2D eigenvalue weighted by atomic mass is 9.33. The van der Waals surface area contributed by atoms with E-state index in [0.29, 0.717) is 5.57 Å². The van der Waals surface area contributed by atoms with Crippen LogP contribution in [-0.4, -0.2) is 11.6 Å². The zero-order valence-corrected chi connectivity index (χ0v) is 21.9. The average Bonchev–Trinajstić information content (AvgIpc) is 2.86. The van der Waals surface area contributed by atoms with Gasteiger partial charge in [-0.2, -0.15) is 0 Å². The molecular weight excluding hydrogens is 440 g/mol. The number of benzene rings is 2. The molecule has 6 rings (SSSR count). The first-order valence-corrected chi connectivity index (χ1v) is 12.6. The van der Waals surface area contributed by atoms with Gasteiger partial charge in [-0.1, -0.05) is 84.7 Å². The molecule has 1 fully saturated rings. The predicted octanol–water partition coefficient (Wildman–Crippen LogP) is 6.42. The van der Waals surface area contributed by atoms with Crippen molar-refractivity contribution in [2.45, 2.75) is 41.5 Å². The summed E-state index contributed by atoms with van der Waals surface area (Å²) in [6, 6.07) is 19.6. The van der Waals surface area contributed by atoms with Gasteiger partial charge in [-0.05, 0) is 64.5 Å². The monoisotopic (exact) mass is 472 g/mol. The molecule has 0 amide bonds. The Morgan fingerprint density at radius 1 is 0.694 bits per heavy atom. The number of allylic oxidation sites excluding steroid dienone is 4. The minimum Gasteiger partial charge on any atom is -0.297 e. The van der Waals surface area contributed by atoms with Crippen LogP contribution in [0.4, 0.5) is 0 Å². The molecule has 4 aliphatic carbocycles. The number of fused-ring (bicyclic) bond motifs is 1. The van der Waals surface area contributed by atoms with Gasteiger partial charge in [0.25, 0.3) is 0 Å². The maximum atomic E-state index is 14.3. The largest absolute Gasteiger partial charge is 0.297 e. The van der Waals surface area contributed by atoms with Gasteiger partial charge in [0.2, 0.25) is 0 Å². The molecule has 6 atom stereocenters. The highest BCUT2D eigenvalue weighted by Crippen LogP contribution is 2.71. The Kier molecular flexibility index (Phi) is 5.32. The smallest absolute Gasteiger partial charge is 0.176 e. The van der Waals surface area contributed by atoms with E-state index in [1.165, 1.54) is 0 Å². The van der Waals surface area contributed by atoms with Crippen molar-refractivity contribution in [1.82, 2.24) is 0 Å². The number of rotatable bonds is 0. The maximum Gasteiger partial charge on any atom is 0.176 e. The third-order valence-electron chi connectivity index (χ3n) is 9.12. The van der Waals surface area contributed by atoms with E-state index in [9.17, 15) is 9.59 Å². The van der Waals surface area contributed by atoms with Crippen molar-refractivity contribution in [2.75, 3.05) is 0 Å². The first-order chi connectivity index (χ1) is 17.0. The van der Waals surface area contributed by atoms with Gasteiger partial charge < -0.3 is 0 Å². The van der Waals surface area contributed by atoms with Crippen LogP contribution in [0.15, 0.2) is 84.0 Å². The second kappa shape index (κ2) is 7.94. The summed E-state index contributed by atoms with van der Waals surface area (Å²) in [5, 5.41) is 0. The van der Waals surface area contributed by atoms with Crippen molar-refractivity contribution in [3.63, 3.8) is 0 Å². The SMILES string of the molecule is CC1=C[C@@]2(C)C([C@@H]3C(C)=C[C@@]2(C)C(=O)C3(C)C#Cc2ccccc2)[C@](C)(C#Cc2ccccc2)C1=O. The Labute approximate surface area is 214 Å². The maximum absolute atomic E-state index is 14.3. The highest BCUT2D eigenvalue weighted by molar-refractivity contribution is 6.06. The summed E-state index contributed by atoms with van der Waals surface area (Å²) >= 11 is 0. The molecule has 0 heterocycles. The van der Waals surface area contributed by atoms with Gasteiger partial charge in [-0.25, -0.2) is 0 Å². The summed E-state index contributed by atoms with van der Waals surface area (Å²) in [4.78, 5) is 28.3. The van der Waals surface area contributed by atoms with E-state index in [1.54, 1.807) is 0 Å². The van der Waals surface area contributed by atoms with E-state index < -0.39 is 21.7 Å². The van der Waals surface area contributed by atoms with E-state index in [0.717, 1.165) is 16.7 Å². The van der Waals surface area contributed by atoms with Gasteiger partial charge in [-0.15, -0.1) is 0 Å². The first kappa shape index (κ1) is 24.1. The molecule has 0 spiro atoms. The van der Waals surface area contributed by atoms with Crippen LogP contribution in [0.2, 0.25) is 0 Å². The van der Waals surface area contributed by atoms with Gasteiger partial charge in [0.15, 0.2) is 11.6 Å². The van der Waals surface area contributed by atoms with Gasteiger partial charge in [-0.3, -0.25) is 9.59 Å². The van der Waals surface area contributed by atoms with Gasteiger partial charge in [0.1, 0.15) is 0 Å². The second-order valence-corrected chi connectivity index (χ2v) is 11.5. The summed E-state index contributed by atoms with van der Waals surface area (Å²) in [5.41, 5.74) is 0.326. The summed E-state index contributed by atoms with van der Waals surface area (Å²) < 4.78 is 0. The van der Waals surface area contributed by atoms with E-state index in [1.807, 2.05) is 88.4 Å². The third kappa shape index (κ3) is 3.14. The van der Waals surface area contributed by atoms with Gasteiger partial charge in [0, 0.05) is 28.4 Å². The molecular formula is C34H32O2. The van der Waals surface area contributed by atoms with Crippen molar-refractivity contribution < 1.29 is 9.59 Å². The number of hydrogen-bond donors (Lipinski definition) is 0. The van der Waals surface area contributed by atoms with E-state index in [-0.39, 0.29) is 23.4 Å². The molecule has 0 N–H and O–H groups in total. The Morgan fingerprint density at radius 3 is 1.72 bits per heavy atom. The molecule has 2 nitrogen and oxygen atoms in total. The number of carbonyl (C=O) groups is 2. The Bertz CT molecular complexity index is 1460. The molecule has 1 saturated carbocycles. The summed E-state index contributed by atoms with van der Waals surface area (Å²) in [5.74, 6) is 13.2. The lowest BCUT2D eigenvalue weighted by Gasteiger charge is -2.67. The molecule has 2 bridgehead atoms. The van der Waals surface area contributed by atoms with Crippen LogP contribution < -0.4 is 0 Å². The Morgan fingerprint density at radius 2 is 1.19 bits per heavy atom. The molecule has 0 radical (unpaired) electrons.